The van der Waals surface area contributed by atoms with E-state index in [0.717, 1.165) is 76.2 Å². The molecule has 1 aromatic heterocycles. The molecule has 0 saturated carbocycles. The molecule has 2 aliphatic rings. The topological polar surface area (TPSA) is 61.6 Å². The molecular weight excluding hydrogens is 515 g/mol. The van der Waals surface area contributed by atoms with Crippen molar-refractivity contribution < 1.29 is 14.3 Å². The number of aryl methyl sites for hydroxylation is 1. The normalized spacial score (nSPS) is 21.3. The zero-order valence-electron chi connectivity index (χ0n) is 24.6. The van der Waals surface area contributed by atoms with Crippen LogP contribution >= 0.6 is 0 Å². The Morgan fingerprint density at radius 2 is 1.80 bits per heavy atom. The van der Waals surface area contributed by atoms with E-state index >= 15 is 0 Å². The molecule has 3 atom stereocenters. The van der Waals surface area contributed by atoms with E-state index in [4.69, 9.17) is 5.10 Å². The van der Waals surface area contributed by atoms with Gasteiger partial charge in [-0.25, -0.2) is 4.39 Å². The van der Waals surface area contributed by atoms with E-state index in [9.17, 15) is 14.3 Å². The number of carboxylic acid groups (broad SMARTS) is 1. The summed E-state index contributed by atoms with van der Waals surface area (Å²) in [4.78, 5) is 16.8. The Labute approximate surface area is 244 Å². The Hall–Kier alpha value is -3.03. The average molecular weight is 561 g/mol. The Bertz CT molecular complexity index is 1270. The van der Waals surface area contributed by atoms with E-state index in [2.05, 4.69) is 57.8 Å². The molecular formula is C34H45FN4O2. The van der Waals surface area contributed by atoms with Gasteiger partial charge in [-0.3, -0.25) is 9.48 Å². The summed E-state index contributed by atoms with van der Waals surface area (Å²) in [5.74, 6) is -0.192. The van der Waals surface area contributed by atoms with Crippen LogP contribution in [0.4, 0.5) is 4.39 Å². The molecule has 220 valence electrons. The van der Waals surface area contributed by atoms with E-state index in [-0.39, 0.29) is 17.7 Å². The molecule has 3 heterocycles. The number of rotatable bonds is 12. The van der Waals surface area contributed by atoms with Gasteiger partial charge in [0.15, 0.2) is 0 Å². The van der Waals surface area contributed by atoms with Crippen LogP contribution in [0.25, 0.3) is 0 Å². The first-order valence-corrected chi connectivity index (χ1v) is 15.5. The summed E-state index contributed by atoms with van der Waals surface area (Å²) in [6, 6.07) is 19.9. The summed E-state index contributed by atoms with van der Waals surface area (Å²) in [5, 5.41) is 14.7. The molecule has 6 nitrogen and oxygen atoms in total. The van der Waals surface area contributed by atoms with Gasteiger partial charge in [0.05, 0.1) is 11.6 Å². The molecule has 1 N–H and O–H groups in total. The van der Waals surface area contributed by atoms with Crippen molar-refractivity contribution in [2.24, 2.45) is 11.8 Å². The molecule has 0 amide bonds. The van der Waals surface area contributed by atoms with Gasteiger partial charge < -0.3 is 14.9 Å². The first kappa shape index (κ1) is 29.5. The van der Waals surface area contributed by atoms with Crippen LogP contribution < -0.4 is 0 Å². The Morgan fingerprint density at radius 3 is 2.49 bits per heavy atom. The molecule has 5 rings (SSSR count). The van der Waals surface area contributed by atoms with Crippen molar-refractivity contribution in [3.8, 4) is 0 Å². The van der Waals surface area contributed by atoms with Crippen molar-refractivity contribution >= 4 is 5.97 Å². The molecule has 2 saturated heterocycles. The second-order valence-corrected chi connectivity index (χ2v) is 12.1. The van der Waals surface area contributed by atoms with E-state index in [1.165, 1.54) is 17.3 Å². The first-order valence-electron chi connectivity index (χ1n) is 15.5. The molecule has 0 bridgehead atoms. The Morgan fingerprint density at radius 1 is 1.02 bits per heavy atom. The predicted octanol–water partition coefficient (Wildman–Crippen LogP) is 6.03. The SMILES string of the molecule is CCCC(CN1C[C@H](CN2CCC(c3cc(Cc4ccccc4)nn3CC)CC2)[C@@H](c2cccc(F)c2)C1)C(=O)O. The molecule has 0 radical (unpaired) electrons. The van der Waals surface area contributed by atoms with Gasteiger partial charge in [0.2, 0.25) is 0 Å². The van der Waals surface area contributed by atoms with Gasteiger partial charge in [-0.1, -0.05) is 55.8 Å². The molecule has 3 aromatic rings. The van der Waals surface area contributed by atoms with Crippen molar-refractivity contribution in [3.05, 3.63) is 89.0 Å². The van der Waals surface area contributed by atoms with Gasteiger partial charge in [-0.05, 0) is 74.5 Å². The van der Waals surface area contributed by atoms with Gasteiger partial charge in [0.1, 0.15) is 5.82 Å². The molecule has 7 heteroatoms. The number of nitrogens with zero attached hydrogens (tertiary/aromatic N) is 4. The van der Waals surface area contributed by atoms with Crippen molar-refractivity contribution in [2.75, 3.05) is 39.3 Å². The number of carboxylic acids is 1. The Balaban J connectivity index is 1.23. The summed E-state index contributed by atoms with van der Waals surface area (Å²) < 4.78 is 16.4. The third-order valence-corrected chi connectivity index (χ3v) is 9.15. The highest BCUT2D eigenvalue weighted by Gasteiger charge is 2.37. The molecule has 0 spiro atoms. The minimum absolute atomic E-state index is 0.200. The summed E-state index contributed by atoms with van der Waals surface area (Å²) in [6.07, 6.45) is 4.63. The number of hydrogen-bond donors (Lipinski definition) is 1. The number of likely N-dealkylation sites (tertiary alicyclic amines) is 2. The number of halogens is 1. The maximum atomic E-state index is 14.2. The summed E-state index contributed by atoms with van der Waals surface area (Å²) in [7, 11) is 0. The number of hydrogen-bond acceptors (Lipinski definition) is 4. The maximum absolute atomic E-state index is 14.2. The number of carbonyl (C=O) groups is 1. The largest absolute Gasteiger partial charge is 0.481 e. The molecule has 2 aromatic carbocycles. The fraction of sp³-hybridized carbons (Fsp3) is 0.529. The summed E-state index contributed by atoms with van der Waals surface area (Å²) in [5.41, 5.74) is 4.82. The van der Waals surface area contributed by atoms with Gasteiger partial charge in [0, 0.05) is 56.7 Å². The second kappa shape index (κ2) is 13.8. The minimum atomic E-state index is -0.710. The van der Waals surface area contributed by atoms with Crippen LogP contribution in [-0.2, 0) is 17.8 Å². The first-order chi connectivity index (χ1) is 19.9. The van der Waals surface area contributed by atoms with Gasteiger partial charge in [0.25, 0.3) is 0 Å². The van der Waals surface area contributed by atoms with Gasteiger partial charge in [-0.2, -0.15) is 5.10 Å². The monoisotopic (exact) mass is 560 g/mol. The third kappa shape index (κ3) is 7.44. The van der Waals surface area contributed by atoms with Crippen molar-refractivity contribution in [1.82, 2.24) is 19.6 Å². The Kier molecular flexibility index (Phi) is 9.88. The highest BCUT2D eigenvalue weighted by Crippen LogP contribution is 2.36. The lowest BCUT2D eigenvalue weighted by Crippen LogP contribution is -2.39. The molecule has 0 aliphatic carbocycles. The quantitative estimate of drug-likeness (QED) is 0.293. The standard InChI is InChI=1S/C34H45FN4O2/c1-3-9-28(34(40)41)21-38-23-29(32(24-38)27-12-8-13-30(35)19-27)22-37-16-14-26(15-17-37)33-20-31(36-39(33)4-2)18-25-10-6-5-7-11-25/h5-8,10-13,19-20,26,28-29,32H,3-4,9,14-18,21-24H2,1-2H3,(H,40,41)/t28?,29-,32+/m0/s1. The molecule has 2 fully saturated rings. The minimum Gasteiger partial charge on any atom is -0.481 e. The zero-order chi connectivity index (χ0) is 28.8. The fourth-order valence-corrected chi connectivity index (χ4v) is 7.07. The van der Waals surface area contributed by atoms with Crippen molar-refractivity contribution in [3.63, 3.8) is 0 Å². The summed E-state index contributed by atoms with van der Waals surface area (Å²) >= 11 is 0. The number of aliphatic carboxylic acids is 1. The average Bonchev–Trinajstić information content (AvgIpc) is 3.57. The maximum Gasteiger partial charge on any atom is 0.307 e. The third-order valence-electron chi connectivity index (χ3n) is 9.15. The van der Waals surface area contributed by atoms with Crippen LogP contribution in [0.5, 0.6) is 0 Å². The smallest absolute Gasteiger partial charge is 0.307 e. The van der Waals surface area contributed by atoms with E-state index < -0.39 is 5.97 Å². The predicted molar refractivity (Wildman–Crippen MR) is 161 cm³/mol. The van der Waals surface area contributed by atoms with Crippen molar-refractivity contribution in [2.45, 2.75) is 64.3 Å². The van der Waals surface area contributed by atoms with Crippen LogP contribution in [-0.4, -0.2) is 69.9 Å². The molecule has 2 aliphatic heterocycles. The van der Waals surface area contributed by atoms with E-state index in [0.29, 0.717) is 24.8 Å². The fourth-order valence-electron chi connectivity index (χ4n) is 7.07. The van der Waals surface area contributed by atoms with Gasteiger partial charge in [-0.15, -0.1) is 0 Å². The van der Waals surface area contributed by atoms with Crippen LogP contribution in [0.3, 0.4) is 0 Å². The highest BCUT2D eigenvalue weighted by molar-refractivity contribution is 5.70. The van der Waals surface area contributed by atoms with Crippen LogP contribution in [0.15, 0.2) is 60.7 Å². The van der Waals surface area contributed by atoms with Crippen LogP contribution in [0.1, 0.15) is 73.9 Å². The number of benzene rings is 2. The lowest BCUT2D eigenvalue weighted by molar-refractivity contribution is -0.142. The zero-order valence-corrected chi connectivity index (χ0v) is 24.6. The lowest BCUT2D eigenvalue weighted by atomic mass is 9.87. The number of piperidine rings is 1. The summed E-state index contributed by atoms with van der Waals surface area (Å²) in [6.45, 7) is 10.3. The second-order valence-electron chi connectivity index (χ2n) is 12.1. The van der Waals surface area contributed by atoms with Gasteiger partial charge >= 0.3 is 5.97 Å². The molecule has 41 heavy (non-hydrogen) atoms. The van der Waals surface area contributed by atoms with Crippen LogP contribution in [0, 0.1) is 17.7 Å². The van der Waals surface area contributed by atoms with Crippen molar-refractivity contribution in [1.29, 1.82) is 0 Å². The van der Waals surface area contributed by atoms with E-state index in [1.807, 2.05) is 13.0 Å². The van der Waals surface area contributed by atoms with Crippen LogP contribution in [0.2, 0.25) is 0 Å². The number of aromatic nitrogens is 2. The van der Waals surface area contributed by atoms with E-state index in [1.54, 1.807) is 12.1 Å². The lowest BCUT2D eigenvalue weighted by Gasteiger charge is -2.35. The molecule has 1 unspecified atom stereocenters. The highest BCUT2D eigenvalue weighted by atomic mass is 19.1.